The van der Waals surface area contributed by atoms with E-state index in [1.807, 2.05) is 18.2 Å². The molecule has 1 saturated heterocycles. The lowest BCUT2D eigenvalue weighted by atomic mass is 10.2. The van der Waals surface area contributed by atoms with Crippen LogP contribution in [-0.2, 0) is 0 Å². The van der Waals surface area contributed by atoms with Crippen molar-refractivity contribution in [3.05, 3.63) is 29.3 Å². The van der Waals surface area contributed by atoms with Gasteiger partial charge in [0.15, 0.2) is 11.5 Å². The summed E-state index contributed by atoms with van der Waals surface area (Å²) in [6.07, 6.45) is 2.41. The minimum absolute atomic E-state index is 0.417. The van der Waals surface area contributed by atoms with Gasteiger partial charge in [-0.3, -0.25) is 0 Å². The SMILES string of the molecule is COc1ccc(-c2nc([C@@H]3CCCN3)cs2)cc1OC. The largest absolute Gasteiger partial charge is 0.493 e. The van der Waals surface area contributed by atoms with E-state index in [9.17, 15) is 0 Å². The zero-order valence-corrected chi connectivity index (χ0v) is 12.5. The summed E-state index contributed by atoms with van der Waals surface area (Å²) in [5.74, 6) is 1.48. The highest BCUT2D eigenvalue weighted by atomic mass is 32.1. The van der Waals surface area contributed by atoms with Crippen LogP contribution in [0.5, 0.6) is 11.5 Å². The first-order chi connectivity index (χ1) is 9.81. The highest BCUT2D eigenvalue weighted by Crippen LogP contribution is 2.35. The summed E-state index contributed by atoms with van der Waals surface area (Å²) < 4.78 is 10.6. The third kappa shape index (κ3) is 2.51. The number of aromatic nitrogens is 1. The number of nitrogens with zero attached hydrogens (tertiary/aromatic N) is 1. The zero-order chi connectivity index (χ0) is 13.9. The predicted molar refractivity (Wildman–Crippen MR) is 80.6 cm³/mol. The lowest BCUT2D eigenvalue weighted by molar-refractivity contribution is 0.355. The van der Waals surface area contributed by atoms with E-state index in [-0.39, 0.29) is 0 Å². The molecule has 1 fully saturated rings. The number of ether oxygens (including phenoxy) is 2. The highest BCUT2D eigenvalue weighted by Gasteiger charge is 2.19. The molecule has 106 valence electrons. The van der Waals surface area contributed by atoms with Gasteiger partial charge >= 0.3 is 0 Å². The maximum absolute atomic E-state index is 5.34. The Morgan fingerprint density at radius 3 is 2.80 bits per heavy atom. The van der Waals surface area contributed by atoms with Crippen molar-refractivity contribution in [1.82, 2.24) is 10.3 Å². The van der Waals surface area contributed by atoms with E-state index in [0.717, 1.165) is 34.3 Å². The second-order valence-corrected chi connectivity index (χ2v) is 5.65. The van der Waals surface area contributed by atoms with Gasteiger partial charge < -0.3 is 14.8 Å². The summed E-state index contributed by atoms with van der Waals surface area (Å²) in [6.45, 7) is 1.09. The molecule has 1 aromatic heterocycles. The van der Waals surface area contributed by atoms with Gasteiger partial charge in [-0.25, -0.2) is 4.98 Å². The van der Waals surface area contributed by atoms with Crippen LogP contribution in [-0.4, -0.2) is 25.7 Å². The molecule has 0 radical (unpaired) electrons. The smallest absolute Gasteiger partial charge is 0.161 e. The Kier molecular flexibility index (Phi) is 3.89. The van der Waals surface area contributed by atoms with E-state index < -0.39 is 0 Å². The molecule has 2 heterocycles. The molecule has 0 amide bonds. The quantitative estimate of drug-likeness (QED) is 0.938. The molecule has 5 heteroatoms. The number of benzene rings is 1. The van der Waals surface area contributed by atoms with E-state index in [1.54, 1.807) is 25.6 Å². The summed E-state index contributed by atoms with van der Waals surface area (Å²) in [4.78, 5) is 4.75. The summed E-state index contributed by atoms with van der Waals surface area (Å²) in [5, 5.41) is 6.65. The number of methoxy groups -OCH3 is 2. The van der Waals surface area contributed by atoms with Gasteiger partial charge in [0.2, 0.25) is 0 Å². The Morgan fingerprint density at radius 2 is 2.10 bits per heavy atom. The van der Waals surface area contributed by atoms with E-state index in [2.05, 4.69) is 10.7 Å². The van der Waals surface area contributed by atoms with Gasteiger partial charge in [-0.05, 0) is 37.6 Å². The van der Waals surface area contributed by atoms with Crippen molar-refractivity contribution in [2.24, 2.45) is 0 Å². The lowest BCUT2D eigenvalue weighted by Crippen LogP contribution is -2.12. The van der Waals surface area contributed by atoms with Crippen molar-refractivity contribution in [3.63, 3.8) is 0 Å². The number of hydrogen-bond acceptors (Lipinski definition) is 5. The van der Waals surface area contributed by atoms with Gasteiger partial charge in [0.1, 0.15) is 5.01 Å². The Hall–Kier alpha value is -1.59. The molecule has 20 heavy (non-hydrogen) atoms. The van der Waals surface area contributed by atoms with Crippen LogP contribution in [0.4, 0.5) is 0 Å². The second-order valence-electron chi connectivity index (χ2n) is 4.80. The van der Waals surface area contributed by atoms with Gasteiger partial charge in [-0.2, -0.15) is 0 Å². The van der Waals surface area contributed by atoms with Crippen molar-refractivity contribution in [2.75, 3.05) is 20.8 Å². The van der Waals surface area contributed by atoms with Gasteiger partial charge in [0, 0.05) is 10.9 Å². The topological polar surface area (TPSA) is 43.4 Å². The summed E-state index contributed by atoms with van der Waals surface area (Å²) in [6, 6.07) is 6.33. The van der Waals surface area contributed by atoms with Crippen LogP contribution in [0, 0.1) is 0 Å². The molecule has 3 rings (SSSR count). The van der Waals surface area contributed by atoms with Crippen LogP contribution in [0.15, 0.2) is 23.6 Å². The van der Waals surface area contributed by atoms with E-state index in [0.29, 0.717) is 6.04 Å². The van der Waals surface area contributed by atoms with Crippen LogP contribution in [0.2, 0.25) is 0 Å². The Morgan fingerprint density at radius 1 is 1.25 bits per heavy atom. The fourth-order valence-electron chi connectivity index (χ4n) is 2.49. The van der Waals surface area contributed by atoms with Crippen molar-refractivity contribution < 1.29 is 9.47 Å². The summed E-state index contributed by atoms with van der Waals surface area (Å²) >= 11 is 1.67. The summed E-state index contributed by atoms with van der Waals surface area (Å²) in [5.41, 5.74) is 2.22. The first-order valence-electron chi connectivity index (χ1n) is 6.73. The standard InChI is InChI=1S/C15H18N2O2S/c1-18-13-6-5-10(8-14(13)19-2)15-17-12(9-20-15)11-4-3-7-16-11/h5-6,8-9,11,16H,3-4,7H2,1-2H3/t11-/m0/s1. The van der Waals surface area contributed by atoms with E-state index in [4.69, 9.17) is 14.5 Å². The van der Waals surface area contributed by atoms with Crippen molar-refractivity contribution in [2.45, 2.75) is 18.9 Å². The number of rotatable bonds is 4. The maximum atomic E-state index is 5.34. The van der Waals surface area contributed by atoms with Crippen LogP contribution in [0.1, 0.15) is 24.6 Å². The molecule has 1 aliphatic heterocycles. The van der Waals surface area contributed by atoms with Gasteiger partial charge in [0.25, 0.3) is 0 Å². The summed E-state index contributed by atoms with van der Waals surface area (Å²) in [7, 11) is 3.29. The molecule has 2 aromatic rings. The van der Waals surface area contributed by atoms with Crippen molar-refractivity contribution in [3.8, 4) is 22.1 Å². The molecule has 1 aromatic carbocycles. The average molecular weight is 290 g/mol. The number of hydrogen-bond donors (Lipinski definition) is 1. The molecular weight excluding hydrogens is 272 g/mol. The first-order valence-corrected chi connectivity index (χ1v) is 7.61. The van der Waals surface area contributed by atoms with Gasteiger partial charge in [-0.15, -0.1) is 11.3 Å². The third-order valence-electron chi connectivity index (χ3n) is 3.57. The van der Waals surface area contributed by atoms with Crippen LogP contribution < -0.4 is 14.8 Å². The molecular formula is C15H18N2O2S. The third-order valence-corrected chi connectivity index (χ3v) is 4.48. The maximum Gasteiger partial charge on any atom is 0.161 e. The Labute approximate surface area is 122 Å². The number of nitrogens with one attached hydrogen (secondary N) is 1. The molecule has 0 unspecified atom stereocenters. The molecule has 0 bridgehead atoms. The highest BCUT2D eigenvalue weighted by molar-refractivity contribution is 7.13. The van der Waals surface area contributed by atoms with E-state index in [1.165, 1.54) is 12.8 Å². The second kappa shape index (κ2) is 5.81. The minimum atomic E-state index is 0.417. The van der Waals surface area contributed by atoms with E-state index >= 15 is 0 Å². The van der Waals surface area contributed by atoms with Crippen molar-refractivity contribution >= 4 is 11.3 Å². The number of thiazole rings is 1. The van der Waals surface area contributed by atoms with Gasteiger partial charge in [0.05, 0.1) is 26.0 Å². The van der Waals surface area contributed by atoms with Crippen LogP contribution in [0.25, 0.3) is 10.6 Å². The molecule has 1 N–H and O–H groups in total. The van der Waals surface area contributed by atoms with Crippen LogP contribution >= 0.6 is 11.3 Å². The normalized spacial score (nSPS) is 18.2. The van der Waals surface area contributed by atoms with Gasteiger partial charge in [-0.1, -0.05) is 0 Å². The molecule has 0 saturated carbocycles. The fraction of sp³-hybridized carbons (Fsp3) is 0.400. The molecule has 0 aliphatic carbocycles. The molecule has 1 aliphatic rings. The Bertz CT molecular complexity index is 591. The zero-order valence-electron chi connectivity index (χ0n) is 11.7. The predicted octanol–water partition coefficient (Wildman–Crippen LogP) is 3.25. The average Bonchev–Trinajstić information content (AvgIpc) is 3.16. The first kappa shape index (κ1) is 13.4. The lowest BCUT2D eigenvalue weighted by Gasteiger charge is -2.08. The monoisotopic (exact) mass is 290 g/mol. The fourth-order valence-corrected chi connectivity index (χ4v) is 3.36. The van der Waals surface area contributed by atoms with Crippen molar-refractivity contribution in [1.29, 1.82) is 0 Å². The molecule has 1 atom stereocenters. The minimum Gasteiger partial charge on any atom is -0.493 e. The Balaban J connectivity index is 1.88. The molecule has 0 spiro atoms. The van der Waals surface area contributed by atoms with Crippen LogP contribution in [0.3, 0.4) is 0 Å². The molecule has 4 nitrogen and oxygen atoms in total.